The van der Waals surface area contributed by atoms with E-state index in [1.54, 1.807) is 12.1 Å². The zero-order valence-corrected chi connectivity index (χ0v) is 12.6. The Hall–Kier alpha value is -0.380. The summed E-state index contributed by atoms with van der Waals surface area (Å²) < 4.78 is 11.7. The molecule has 1 unspecified atom stereocenters. The molecule has 0 amide bonds. The Labute approximate surface area is 120 Å². The Morgan fingerprint density at radius 3 is 2.61 bits per heavy atom. The third kappa shape index (κ3) is 5.09. The van der Waals surface area contributed by atoms with Crippen molar-refractivity contribution in [1.82, 2.24) is 0 Å². The molecule has 0 spiro atoms. The SMILES string of the molecule is CCCCCS(=O)CC(=O)c1ccc(Cl)cc1Cl. The molecule has 0 aliphatic carbocycles. The standard InChI is InChI=1S/C13H16Cl2O2S/c1-2-3-4-7-18(17)9-13(16)11-6-5-10(14)8-12(11)15/h5-6,8H,2-4,7,9H2,1H3. The highest BCUT2D eigenvalue weighted by Gasteiger charge is 2.13. The number of benzene rings is 1. The number of carbonyl (C=O) groups excluding carboxylic acids is 1. The summed E-state index contributed by atoms with van der Waals surface area (Å²) in [5.41, 5.74) is 0.393. The summed E-state index contributed by atoms with van der Waals surface area (Å²) >= 11 is 11.7. The van der Waals surface area contributed by atoms with E-state index in [4.69, 9.17) is 23.2 Å². The number of ketones is 1. The lowest BCUT2D eigenvalue weighted by Gasteiger charge is -2.04. The molecule has 0 saturated heterocycles. The Morgan fingerprint density at radius 1 is 1.28 bits per heavy atom. The molecule has 0 fully saturated rings. The fraction of sp³-hybridized carbons (Fsp3) is 0.462. The number of hydrogen-bond donors (Lipinski definition) is 0. The van der Waals surface area contributed by atoms with Gasteiger partial charge in [0.25, 0.3) is 0 Å². The van der Waals surface area contributed by atoms with Gasteiger partial charge < -0.3 is 0 Å². The molecule has 1 atom stereocenters. The van der Waals surface area contributed by atoms with Crippen LogP contribution in [0.15, 0.2) is 18.2 Å². The molecule has 1 aromatic rings. The fourth-order valence-electron chi connectivity index (χ4n) is 1.52. The van der Waals surface area contributed by atoms with E-state index in [1.807, 2.05) is 0 Å². The first kappa shape index (κ1) is 15.7. The van der Waals surface area contributed by atoms with Gasteiger partial charge in [0, 0.05) is 27.1 Å². The van der Waals surface area contributed by atoms with Crippen LogP contribution in [0.2, 0.25) is 10.0 Å². The zero-order chi connectivity index (χ0) is 13.5. The average Bonchev–Trinajstić information content (AvgIpc) is 2.28. The minimum atomic E-state index is -1.11. The van der Waals surface area contributed by atoms with Crippen molar-refractivity contribution in [3.8, 4) is 0 Å². The van der Waals surface area contributed by atoms with Crippen molar-refractivity contribution >= 4 is 39.8 Å². The maximum absolute atomic E-state index is 11.9. The van der Waals surface area contributed by atoms with Gasteiger partial charge in [0.15, 0.2) is 5.78 Å². The van der Waals surface area contributed by atoms with Gasteiger partial charge in [-0.25, -0.2) is 0 Å². The third-order valence-corrected chi connectivity index (χ3v) is 4.38. The Morgan fingerprint density at radius 2 is 2.00 bits per heavy atom. The number of hydrogen-bond acceptors (Lipinski definition) is 2. The number of unbranched alkanes of at least 4 members (excludes halogenated alkanes) is 2. The van der Waals surface area contributed by atoms with Gasteiger partial charge in [0.2, 0.25) is 0 Å². The van der Waals surface area contributed by atoms with Crippen LogP contribution in [0.1, 0.15) is 36.5 Å². The van der Waals surface area contributed by atoms with Crippen LogP contribution >= 0.6 is 23.2 Å². The molecule has 0 radical (unpaired) electrons. The monoisotopic (exact) mass is 306 g/mol. The maximum Gasteiger partial charge on any atom is 0.176 e. The van der Waals surface area contributed by atoms with E-state index < -0.39 is 10.8 Å². The van der Waals surface area contributed by atoms with E-state index in [0.29, 0.717) is 21.4 Å². The second-order valence-electron chi connectivity index (χ2n) is 4.04. The highest BCUT2D eigenvalue weighted by molar-refractivity contribution is 7.85. The van der Waals surface area contributed by atoms with E-state index in [9.17, 15) is 9.00 Å². The second kappa shape index (κ2) is 7.93. The van der Waals surface area contributed by atoms with Crippen LogP contribution in [0.5, 0.6) is 0 Å². The fourth-order valence-corrected chi connectivity index (χ4v) is 3.16. The van der Waals surface area contributed by atoms with E-state index in [-0.39, 0.29) is 11.5 Å². The van der Waals surface area contributed by atoms with Crippen molar-refractivity contribution in [2.75, 3.05) is 11.5 Å². The van der Waals surface area contributed by atoms with Gasteiger partial charge in [-0.15, -0.1) is 0 Å². The maximum atomic E-state index is 11.9. The van der Waals surface area contributed by atoms with Crippen molar-refractivity contribution in [1.29, 1.82) is 0 Å². The molecule has 0 saturated carbocycles. The van der Waals surface area contributed by atoms with Gasteiger partial charge in [-0.3, -0.25) is 9.00 Å². The molecular formula is C13H16Cl2O2S. The number of rotatable bonds is 7. The van der Waals surface area contributed by atoms with E-state index >= 15 is 0 Å². The summed E-state index contributed by atoms with van der Waals surface area (Å²) in [4.78, 5) is 11.9. The zero-order valence-electron chi connectivity index (χ0n) is 10.2. The molecule has 1 aromatic carbocycles. The van der Waals surface area contributed by atoms with Crippen molar-refractivity contribution in [2.45, 2.75) is 26.2 Å². The normalized spacial score (nSPS) is 12.4. The lowest BCUT2D eigenvalue weighted by molar-refractivity contribution is 0.102. The molecule has 2 nitrogen and oxygen atoms in total. The molecule has 0 aliphatic rings. The molecule has 0 N–H and O–H groups in total. The van der Waals surface area contributed by atoms with E-state index in [2.05, 4.69) is 6.92 Å². The summed E-state index contributed by atoms with van der Waals surface area (Å²) in [5, 5.41) is 0.804. The van der Waals surface area contributed by atoms with Crippen LogP contribution in [0.4, 0.5) is 0 Å². The van der Waals surface area contributed by atoms with Crippen molar-refractivity contribution in [2.24, 2.45) is 0 Å². The number of Topliss-reactive ketones (excluding diaryl/α,β-unsaturated/α-hetero) is 1. The predicted octanol–water partition coefficient (Wildman–Crippen LogP) is 4.12. The highest BCUT2D eigenvalue weighted by atomic mass is 35.5. The Balaban J connectivity index is 2.57. The first-order chi connectivity index (χ1) is 8.54. The lowest BCUT2D eigenvalue weighted by Crippen LogP contribution is -2.13. The molecule has 1 rings (SSSR count). The highest BCUT2D eigenvalue weighted by Crippen LogP contribution is 2.21. The van der Waals surface area contributed by atoms with Gasteiger partial charge in [0.05, 0.1) is 10.8 Å². The van der Waals surface area contributed by atoms with Crippen LogP contribution < -0.4 is 0 Å². The van der Waals surface area contributed by atoms with Crippen LogP contribution in [0.3, 0.4) is 0 Å². The molecule has 0 aliphatic heterocycles. The van der Waals surface area contributed by atoms with Gasteiger partial charge in [0.1, 0.15) is 0 Å². The molecule has 100 valence electrons. The minimum Gasteiger partial charge on any atom is -0.293 e. The first-order valence-electron chi connectivity index (χ1n) is 5.87. The summed E-state index contributed by atoms with van der Waals surface area (Å²) in [7, 11) is -1.11. The van der Waals surface area contributed by atoms with Crippen molar-refractivity contribution < 1.29 is 9.00 Å². The number of halogens is 2. The van der Waals surface area contributed by atoms with E-state index in [1.165, 1.54) is 6.07 Å². The van der Waals surface area contributed by atoms with Crippen LogP contribution in [0.25, 0.3) is 0 Å². The summed E-state index contributed by atoms with van der Waals surface area (Å²) in [5.74, 6) is 0.419. The smallest absolute Gasteiger partial charge is 0.176 e. The molecule has 0 aromatic heterocycles. The van der Waals surface area contributed by atoms with Crippen LogP contribution in [0, 0.1) is 0 Å². The quantitative estimate of drug-likeness (QED) is 0.561. The minimum absolute atomic E-state index is 0.0328. The van der Waals surface area contributed by atoms with Gasteiger partial charge in [-0.05, 0) is 24.6 Å². The predicted molar refractivity (Wildman–Crippen MR) is 78.2 cm³/mol. The second-order valence-corrected chi connectivity index (χ2v) is 6.46. The van der Waals surface area contributed by atoms with Crippen molar-refractivity contribution in [3.05, 3.63) is 33.8 Å². The van der Waals surface area contributed by atoms with Crippen molar-refractivity contribution in [3.63, 3.8) is 0 Å². The van der Waals surface area contributed by atoms with E-state index in [0.717, 1.165) is 19.3 Å². The number of carbonyl (C=O) groups is 1. The Kier molecular flexibility index (Phi) is 6.90. The Bertz CT molecular complexity index is 447. The molecule has 18 heavy (non-hydrogen) atoms. The molecular weight excluding hydrogens is 291 g/mol. The topological polar surface area (TPSA) is 34.1 Å². The summed E-state index contributed by atoms with van der Waals surface area (Å²) in [6.45, 7) is 2.08. The largest absolute Gasteiger partial charge is 0.293 e. The van der Waals surface area contributed by atoms with Gasteiger partial charge >= 0.3 is 0 Å². The molecule has 5 heteroatoms. The summed E-state index contributed by atoms with van der Waals surface area (Å²) in [6, 6.07) is 4.72. The third-order valence-electron chi connectivity index (χ3n) is 2.50. The molecule has 0 bridgehead atoms. The lowest BCUT2D eigenvalue weighted by atomic mass is 10.1. The van der Waals surface area contributed by atoms with Crippen LogP contribution in [-0.4, -0.2) is 21.5 Å². The summed E-state index contributed by atoms with van der Waals surface area (Å²) in [6.07, 6.45) is 3.01. The average molecular weight is 307 g/mol. The van der Waals surface area contributed by atoms with Gasteiger partial charge in [-0.2, -0.15) is 0 Å². The van der Waals surface area contributed by atoms with Crippen LogP contribution in [-0.2, 0) is 10.8 Å². The first-order valence-corrected chi connectivity index (χ1v) is 8.12. The molecule has 0 heterocycles. The van der Waals surface area contributed by atoms with Gasteiger partial charge in [-0.1, -0.05) is 43.0 Å².